The maximum atomic E-state index is 13.5. The molecule has 12 N–H and O–H groups in total. The molecule has 0 bridgehead atoms. The molecule has 0 aromatic heterocycles. The molecule has 19 heteroatoms. The lowest BCUT2D eigenvalue weighted by Gasteiger charge is -2.48. The highest BCUT2D eigenvalue weighted by Crippen LogP contribution is 2.33. The summed E-state index contributed by atoms with van der Waals surface area (Å²) in [7, 11) is 0. The Kier molecular flexibility index (Phi) is 56.8. The molecule has 0 spiro atoms. The number of hydrogen-bond acceptors (Lipinski definition) is 18. The largest absolute Gasteiger partial charge is 0.394 e. The average molecular weight is 1420 g/mol. The van der Waals surface area contributed by atoms with Gasteiger partial charge in [0.05, 0.1) is 38.6 Å². The Morgan fingerprint density at radius 1 is 0.364 bits per heavy atom. The molecule has 99 heavy (non-hydrogen) atoms. The van der Waals surface area contributed by atoms with Crippen molar-refractivity contribution in [3.63, 3.8) is 0 Å². The van der Waals surface area contributed by atoms with E-state index in [2.05, 4.69) is 43.5 Å². The highest BCUT2D eigenvalue weighted by atomic mass is 16.8. The number of amides is 1. The van der Waals surface area contributed by atoms with Gasteiger partial charge in [0.1, 0.15) is 73.2 Å². The van der Waals surface area contributed by atoms with Crippen molar-refractivity contribution in [1.29, 1.82) is 0 Å². The van der Waals surface area contributed by atoms with Crippen LogP contribution < -0.4 is 5.32 Å². The minimum Gasteiger partial charge on any atom is -0.394 e. The van der Waals surface area contributed by atoms with Crippen molar-refractivity contribution >= 4 is 5.91 Å². The van der Waals surface area contributed by atoms with Crippen LogP contribution in [0.1, 0.15) is 348 Å². The van der Waals surface area contributed by atoms with Gasteiger partial charge >= 0.3 is 0 Å². The van der Waals surface area contributed by atoms with E-state index in [0.717, 1.165) is 51.4 Å². The van der Waals surface area contributed by atoms with E-state index in [1.807, 2.05) is 0 Å². The summed E-state index contributed by atoms with van der Waals surface area (Å²) in [5, 5.41) is 121. The summed E-state index contributed by atoms with van der Waals surface area (Å²) in [6.45, 7) is 1.84. The summed E-state index contributed by atoms with van der Waals surface area (Å²) >= 11 is 0. The Balaban J connectivity index is 1.32. The molecule has 0 radical (unpaired) electrons. The maximum absolute atomic E-state index is 13.5. The SMILES string of the molecule is CCCCCCC/C=C\C/C=C\CCCCCCCCCCCCCCCCCCCCCCCCCC(=O)NC(COC1OC(CO)C(OC2OC(CO)C(OC3OC(CO)C(O)C(O)C3O)C(O)C2O)C(O)C1O)C(O)CCCCCCCCCCCCCCCCCCCCC. The number of aliphatic hydroxyl groups is 11. The molecule has 3 saturated heterocycles. The van der Waals surface area contributed by atoms with E-state index in [4.69, 9.17) is 28.4 Å². The quantitative estimate of drug-likeness (QED) is 0.0199. The molecule has 3 heterocycles. The molecule has 17 atom stereocenters. The third kappa shape index (κ3) is 41.7. The first-order valence-electron chi connectivity index (χ1n) is 41.1. The molecule has 0 aromatic rings. The minimum absolute atomic E-state index is 0.235. The first-order valence-corrected chi connectivity index (χ1v) is 41.1. The van der Waals surface area contributed by atoms with E-state index in [0.29, 0.717) is 12.8 Å². The lowest BCUT2D eigenvalue weighted by atomic mass is 9.96. The zero-order chi connectivity index (χ0) is 71.8. The normalized spacial score (nSPS) is 26.7. The van der Waals surface area contributed by atoms with Crippen LogP contribution in [0.3, 0.4) is 0 Å². The Morgan fingerprint density at radius 3 is 1.03 bits per heavy atom. The molecule has 3 aliphatic heterocycles. The van der Waals surface area contributed by atoms with E-state index in [9.17, 15) is 61.0 Å². The third-order valence-electron chi connectivity index (χ3n) is 20.8. The van der Waals surface area contributed by atoms with Gasteiger partial charge in [-0.05, 0) is 44.9 Å². The topological polar surface area (TPSA) is 307 Å². The molecule has 584 valence electrons. The van der Waals surface area contributed by atoms with Gasteiger partial charge < -0.3 is 89.9 Å². The van der Waals surface area contributed by atoms with Gasteiger partial charge in [-0.15, -0.1) is 0 Å². The smallest absolute Gasteiger partial charge is 0.220 e. The van der Waals surface area contributed by atoms with Gasteiger partial charge in [0.25, 0.3) is 0 Å². The van der Waals surface area contributed by atoms with Crippen LogP contribution in [0, 0.1) is 0 Å². The summed E-state index contributed by atoms with van der Waals surface area (Å²) in [5.74, 6) is -0.235. The van der Waals surface area contributed by atoms with Gasteiger partial charge in [-0.3, -0.25) is 4.79 Å². The number of carbonyl (C=O) groups excluding carboxylic acids is 1. The highest BCUT2D eigenvalue weighted by molar-refractivity contribution is 5.76. The third-order valence-corrected chi connectivity index (χ3v) is 20.8. The summed E-state index contributed by atoms with van der Waals surface area (Å²) < 4.78 is 34.5. The lowest BCUT2D eigenvalue weighted by molar-refractivity contribution is -0.379. The van der Waals surface area contributed by atoms with E-state index in [-0.39, 0.29) is 18.9 Å². The standard InChI is InChI=1S/C80H151NO18/c1-3-5-7-9-11-13-15-17-19-21-23-24-25-26-27-28-29-30-31-32-33-34-35-36-37-38-40-42-44-46-48-50-52-54-56-58-68(86)81-63(64(85)57-55-53-51-49-47-45-43-41-39-22-20-18-16-14-12-10-8-6-4-2)62-94-78-74(92)71(89)76(66(60-83)96-78)99-80-75(93)72(90)77(67(61-84)97-80)98-79-73(91)70(88)69(87)65(59-82)95-79/h15,17,21,23,63-67,69-80,82-85,87-93H,3-14,16,18-20,22,24-62H2,1-2H3,(H,81,86)/b17-15-,23-21-. The van der Waals surface area contributed by atoms with Crippen LogP contribution in [0.4, 0.5) is 0 Å². The van der Waals surface area contributed by atoms with Crippen molar-refractivity contribution in [3.8, 4) is 0 Å². The van der Waals surface area contributed by atoms with Crippen molar-refractivity contribution in [3.05, 3.63) is 24.3 Å². The van der Waals surface area contributed by atoms with E-state index >= 15 is 0 Å². The van der Waals surface area contributed by atoms with Crippen LogP contribution in [-0.4, -0.2) is 193 Å². The van der Waals surface area contributed by atoms with Gasteiger partial charge in [0.15, 0.2) is 18.9 Å². The van der Waals surface area contributed by atoms with Gasteiger partial charge in [-0.1, -0.05) is 321 Å². The number of ether oxygens (including phenoxy) is 6. The minimum atomic E-state index is -1.97. The van der Waals surface area contributed by atoms with Gasteiger partial charge in [-0.25, -0.2) is 0 Å². The predicted octanol–water partition coefficient (Wildman–Crippen LogP) is 13.7. The Morgan fingerprint density at radius 2 is 0.667 bits per heavy atom. The molecule has 1 amide bonds. The van der Waals surface area contributed by atoms with Crippen molar-refractivity contribution in [2.75, 3.05) is 26.4 Å². The summed E-state index contributed by atoms with van der Waals surface area (Å²) in [4.78, 5) is 13.5. The number of allylic oxidation sites excluding steroid dienone is 4. The monoisotopic (exact) mass is 1410 g/mol. The number of hydrogen-bond donors (Lipinski definition) is 12. The maximum Gasteiger partial charge on any atom is 0.220 e. The van der Waals surface area contributed by atoms with Gasteiger partial charge in [-0.2, -0.15) is 0 Å². The number of nitrogens with one attached hydrogen (secondary N) is 1. The summed E-state index contributed by atoms with van der Waals surface area (Å²) in [6, 6.07) is -0.885. The van der Waals surface area contributed by atoms with Crippen molar-refractivity contribution < 1.29 is 89.4 Å². The Labute approximate surface area is 600 Å². The van der Waals surface area contributed by atoms with E-state index in [1.54, 1.807) is 0 Å². The zero-order valence-electron chi connectivity index (χ0n) is 62.5. The van der Waals surface area contributed by atoms with Crippen LogP contribution in [-0.2, 0) is 33.2 Å². The molecule has 0 aliphatic carbocycles. The molecular weight excluding hydrogens is 1260 g/mol. The van der Waals surface area contributed by atoms with Crippen molar-refractivity contribution in [2.24, 2.45) is 0 Å². The molecule has 17 unspecified atom stereocenters. The molecule has 0 aromatic carbocycles. The number of rotatable bonds is 66. The van der Waals surface area contributed by atoms with Gasteiger partial charge in [0.2, 0.25) is 5.91 Å². The second kappa shape index (κ2) is 61.4. The fourth-order valence-electron chi connectivity index (χ4n) is 14.2. The summed E-state index contributed by atoms with van der Waals surface area (Å²) in [5.41, 5.74) is 0. The summed E-state index contributed by atoms with van der Waals surface area (Å²) in [6.07, 6.45) is 47.1. The van der Waals surface area contributed by atoms with Crippen LogP contribution in [0.15, 0.2) is 24.3 Å². The fourth-order valence-corrected chi connectivity index (χ4v) is 14.2. The second-order valence-electron chi connectivity index (χ2n) is 29.6. The van der Waals surface area contributed by atoms with Crippen LogP contribution >= 0.6 is 0 Å². The van der Waals surface area contributed by atoms with Crippen LogP contribution in [0.2, 0.25) is 0 Å². The zero-order valence-corrected chi connectivity index (χ0v) is 62.5. The molecular formula is C80H151NO18. The van der Waals surface area contributed by atoms with E-state index < -0.39 is 124 Å². The predicted molar refractivity (Wildman–Crippen MR) is 393 cm³/mol. The second-order valence-corrected chi connectivity index (χ2v) is 29.6. The van der Waals surface area contributed by atoms with E-state index in [1.165, 1.54) is 263 Å². The first-order chi connectivity index (χ1) is 48.3. The van der Waals surface area contributed by atoms with Gasteiger partial charge in [0, 0.05) is 6.42 Å². The Hall–Kier alpha value is -1.73. The molecule has 19 nitrogen and oxygen atoms in total. The molecule has 3 aliphatic rings. The molecule has 3 rings (SSSR count). The van der Waals surface area contributed by atoms with Crippen LogP contribution in [0.25, 0.3) is 0 Å². The first kappa shape index (κ1) is 91.5. The van der Waals surface area contributed by atoms with Crippen molar-refractivity contribution in [1.82, 2.24) is 5.32 Å². The number of unbranched alkanes of at least 4 members (excludes halogenated alkanes) is 46. The number of carbonyl (C=O) groups is 1. The fraction of sp³-hybridized carbons (Fsp3) is 0.938. The molecule has 3 fully saturated rings. The highest BCUT2D eigenvalue weighted by Gasteiger charge is 2.54. The lowest BCUT2D eigenvalue weighted by Crippen LogP contribution is -2.66. The van der Waals surface area contributed by atoms with Crippen molar-refractivity contribution in [2.45, 2.75) is 452 Å². The molecule has 0 saturated carbocycles. The number of aliphatic hydroxyl groups excluding tert-OH is 11. The van der Waals surface area contributed by atoms with Crippen LogP contribution in [0.5, 0.6) is 0 Å². The Bertz CT molecular complexity index is 1880. The average Bonchev–Trinajstić information content (AvgIpc) is 0.784.